The van der Waals surface area contributed by atoms with Crippen molar-refractivity contribution < 1.29 is 0 Å². The average molecular weight is 249 g/mol. The zero-order valence-corrected chi connectivity index (χ0v) is 5.73. The van der Waals surface area contributed by atoms with E-state index in [4.69, 9.17) is 11.1 Å². The molecule has 0 fully saturated rings. The number of nitrogens with zero attached hydrogens (tertiary/aromatic N) is 3. The van der Waals surface area contributed by atoms with E-state index in [9.17, 15) is 0 Å². The Bertz CT molecular complexity index is 24.3. The quantitative estimate of drug-likeness (QED) is 0.259. The van der Waals surface area contributed by atoms with Gasteiger partial charge in [-0.25, -0.2) is 0 Å². The maximum atomic E-state index is 6.75. The van der Waals surface area contributed by atoms with Crippen LogP contribution in [-0.2, 0) is 0 Å². The van der Waals surface area contributed by atoms with E-state index in [-0.39, 0.29) is 27.3 Å². The van der Waals surface area contributed by atoms with E-state index in [0.717, 1.165) is 0 Å². The van der Waals surface area contributed by atoms with Crippen molar-refractivity contribution in [2.45, 2.75) is 0 Å². The van der Waals surface area contributed by atoms with Gasteiger partial charge in [0.1, 0.15) is 0 Å². The fourth-order valence-electron chi connectivity index (χ4n) is 0. The van der Waals surface area contributed by atoms with Gasteiger partial charge in [-0.1, -0.05) is 0 Å². The van der Waals surface area contributed by atoms with Crippen LogP contribution in [0.1, 0.15) is 0 Å². The summed E-state index contributed by atoms with van der Waals surface area (Å²) in [6.45, 7) is 0. The fourth-order valence-corrected chi connectivity index (χ4v) is 0. The molecule has 0 bridgehead atoms. The first kappa shape index (κ1) is 8.87. The van der Waals surface area contributed by atoms with E-state index in [1.807, 2.05) is 0 Å². The maximum Gasteiger partial charge on any atom is 0 e. The van der Waals surface area contributed by atoms with Gasteiger partial charge in [-0.2, -0.15) is 0 Å². The number of hydrogen-bond acceptors (Lipinski definition) is 0. The van der Waals surface area contributed by atoms with Gasteiger partial charge in [0.15, 0.2) is 0 Å². The van der Waals surface area contributed by atoms with Crippen LogP contribution >= 0.6 is 0 Å². The summed E-state index contributed by atoms with van der Waals surface area (Å²) >= 11 is 0. The van der Waals surface area contributed by atoms with Crippen LogP contribution in [0.3, 0.4) is 0 Å². The maximum absolute atomic E-state index is 6.75. The molecule has 20 valence electrons. The Kier molecular flexibility index (Phi) is 23.5. The molecule has 0 heterocycles. The van der Waals surface area contributed by atoms with E-state index in [1.54, 1.807) is 0 Å². The van der Waals surface area contributed by atoms with Gasteiger partial charge in [0.05, 0.1) is 0 Å². The van der Waals surface area contributed by atoms with Crippen molar-refractivity contribution in [1.82, 2.24) is 0 Å². The molecule has 0 aliphatic rings. The van der Waals surface area contributed by atoms with E-state index in [0.29, 0.717) is 0 Å². The van der Waals surface area contributed by atoms with Crippen molar-refractivity contribution in [1.29, 1.82) is 0 Å². The third-order valence-electron chi connectivity index (χ3n) is 0. The minimum Gasteiger partial charge on any atom is -0.373 e. The smallest absolute Gasteiger partial charge is 0 e. The van der Waals surface area contributed by atoms with Crippen molar-refractivity contribution in [3.63, 3.8) is 0 Å². The van der Waals surface area contributed by atoms with Crippen LogP contribution in [0.15, 0.2) is 0 Å². The van der Waals surface area contributed by atoms with Gasteiger partial charge < -0.3 is 11.1 Å². The molecule has 0 aromatic rings. The van der Waals surface area contributed by atoms with Gasteiger partial charge in [-0.05, 0) is 0 Å². The summed E-state index contributed by atoms with van der Waals surface area (Å²) in [5.41, 5.74) is 13.5. The Morgan fingerprint density at radius 1 is 1.25 bits per heavy atom. The third-order valence-corrected chi connectivity index (χ3v) is 0. The molecule has 0 saturated heterocycles. The first-order valence-corrected chi connectivity index (χ1v) is 0.400. The molecule has 0 rings (SSSR count). The van der Waals surface area contributed by atoms with Gasteiger partial charge in [0, 0.05) is 27.3 Å². The molecule has 0 saturated carbocycles. The van der Waals surface area contributed by atoms with Crippen LogP contribution in [0.25, 0.3) is 16.0 Å². The van der Waals surface area contributed by atoms with Crippen molar-refractivity contribution >= 4 is 27.3 Å². The van der Waals surface area contributed by atoms with Crippen molar-refractivity contribution in [3.8, 4) is 0 Å². The summed E-state index contributed by atoms with van der Waals surface area (Å²) in [6, 6.07) is 0. The normalized spacial score (nSPS) is 2.00. The molecule has 0 unspecified atom stereocenters. The third kappa shape index (κ3) is 62.9. The van der Waals surface area contributed by atoms with Gasteiger partial charge in [0.2, 0.25) is 0 Å². The monoisotopic (exact) mass is 250 g/mol. The van der Waals surface area contributed by atoms with E-state index in [1.165, 1.54) is 4.91 Å². The standard InChI is InChI=1S/N3.Pb/c1-3-2;/q-1;. The first-order valence-electron chi connectivity index (χ1n) is 0.400. The summed E-state index contributed by atoms with van der Waals surface area (Å²) in [5.74, 6) is 0. The molecule has 4 heteroatoms. The zero-order chi connectivity index (χ0) is 2.71. The molecular weight excluding hydrogens is 249 g/mol. The summed E-state index contributed by atoms with van der Waals surface area (Å²) in [4.78, 5) is 1.50. The summed E-state index contributed by atoms with van der Waals surface area (Å²) in [6.07, 6.45) is 0. The molecule has 0 spiro atoms. The van der Waals surface area contributed by atoms with Crippen LogP contribution in [0, 0.1) is 0 Å². The van der Waals surface area contributed by atoms with Crippen LogP contribution in [0.5, 0.6) is 0 Å². The predicted octanol–water partition coefficient (Wildman–Crippen LogP) is 0.485. The van der Waals surface area contributed by atoms with Crippen LogP contribution in [-0.4, -0.2) is 27.3 Å². The second kappa shape index (κ2) is 10.6. The Morgan fingerprint density at radius 3 is 1.25 bits per heavy atom. The molecule has 0 aromatic carbocycles. The Hall–Kier alpha value is 0.232. The molecule has 4 heavy (non-hydrogen) atoms. The van der Waals surface area contributed by atoms with Gasteiger partial charge >= 0.3 is 0 Å². The first-order chi connectivity index (χ1) is 1.41. The van der Waals surface area contributed by atoms with Gasteiger partial charge in [0.25, 0.3) is 0 Å². The van der Waals surface area contributed by atoms with E-state index >= 15 is 0 Å². The zero-order valence-electron chi connectivity index (χ0n) is 1.84. The average Bonchev–Trinajstić information content (AvgIpc) is 0.918. The van der Waals surface area contributed by atoms with Gasteiger partial charge in [-0.15, -0.1) is 0 Å². The van der Waals surface area contributed by atoms with Crippen LogP contribution in [0.4, 0.5) is 0 Å². The van der Waals surface area contributed by atoms with Crippen LogP contribution in [0.2, 0.25) is 0 Å². The minimum atomic E-state index is 0. The number of hydrogen-bond donors (Lipinski definition) is 0. The largest absolute Gasteiger partial charge is 0.373 e. The Morgan fingerprint density at radius 2 is 1.25 bits per heavy atom. The second-order valence-corrected chi connectivity index (χ2v) is 0.0894. The van der Waals surface area contributed by atoms with Crippen molar-refractivity contribution in [2.75, 3.05) is 0 Å². The predicted molar refractivity (Wildman–Crippen MR) is 15.8 cm³/mol. The Labute approximate surface area is 43.6 Å². The molecule has 0 aliphatic heterocycles. The SMILES string of the molecule is [N-]=[N+]=[N-].[Pb]. The minimum absolute atomic E-state index is 0. The second-order valence-electron chi connectivity index (χ2n) is 0.0894. The van der Waals surface area contributed by atoms with Crippen LogP contribution < -0.4 is 0 Å². The molecule has 3 nitrogen and oxygen atoms in total. The van der Waals surface area contributed by atoms with Crippen molar-refractivity contribution in [3.05, 3.63) is 16.0 Å². The molecule has 0 atom stereocenters. The summed E-state index contributed by atoms with van der Waals surface area (Å²) in [5, 5.41) is 0. The fraction of sp³-hybridized carbons (Fsp3) is 0. The Balaban J connectivity index is 0. The summed E-state index contributed by atoms with van der Waals surface area (Å²) in [7, 11) is 0. The van der Waals surface area contributed by atoms with Crippen molar-refractivity contribution in [2.24, 2.45) is 0 Å². The molecule has 0 aliphatic carbocycles. The summed E-state index contributed by atoms with van der Waals surface area (Å²) < 4.78 is 0. The van der Waals surface area contributed by atoms with Gasteiger partial charge in [-0.3, -0.25) is 4.91 Å². The molecule has 0 aromatic heterocycles. The number of rotatable bonds is 0. The molecule has 0 amide bonds. The molecule has 4 radical (unpaired) electrons. The molecule has 0 N–H and O–H groups in total. The topological polar surface area (TPSA) is 58.7 Å². The van der Waals surface area contributed by atoms with E-state index in [2.05, 4.69) is 0 Å². The van der Waals surface area contributed by atoms with E-state index < -0.39 is 0 Å². The molecular formula is N3Pb-.